The number of anilines is 2. The number of rotatable bonds is 5. The Morgan fingerprint density at radius 3 is 2.39 bits per heavy atom. The van der Waals surface area contributed by atoms with Crippen molar-refractivity contribution >= 4 is 23.3 Å². The van der Waals surface area contributed by atoms with Gasteiger partial charge < -0.3 is 16.0 Å². The Hall–Kier alpha value is -2.82. The highest BCUT2D eigenvalue weighted by molar-refractivity contribution is 5.99. The van der Waals surface area contributed by atoms with Gasteiger partial charge in [0.25, 0.3) is 0 Å². The zero-order valence-electron chi connectivity index (χ0n) is 16.2. The molecule has 5 nitrogen and oxygen atoms in total. The maximum Gasteiger partial charge on any atom is 0.323 e. The Morgan fingerprint density at radius 1 is 0.964 bits per heavy atom. The molecule has 2 aromatic rings. The summed E-state index contributed by atoms with van der Waals surface area (Å²) >= 11 is 0. The highest BCUT2D eigenvalue weighted by Gasteiger charge is 2.42. The Morgan fingerprint density at radius 2 is 1.71 bits per heavy atom. The van der Waals surface area contributed by atoms with Gasteiger partial charge in [0, 0.05) is 23.8 Å². The first kappa shape index (κ1) is 18.5. The minimum atomic E-state index is -0.284. The number of urea groups is 1. The van der Waals surface area contributed by atoms with Crippen LogP contribution in [0.5, 0.6) is 0 Å². The first-order valence-electron chi connectivity index (χ1n) is 10.1. The lowest BCUT2D eigenvalue weighted by molar-refractivity contribution is -0.126. The highest BCUT2D eigenvalue weighted by atomic mass is 16.2. The van der Waals surface area contributed by atoms with E-state index < -0.39 is 0 Å². The molecule has 0 heterocycles. The maximum absolute atomic E-state index is 12.5. The number of fused-ring (bicyclic) bond motifs is 2. The normalized spacial score (nSPS) is 22.7. The molecule has 3 amide bonds. The Kier molecular flexibility index (Phi) is 5.33. The molecule has 3 atom stereocenters. The smallest absolute Gasteiger partial charge is 0.323 e. The average Bonchev–Trinajstić information content (AvgIpc) is 3.30. The van der Waals surface area contributed by atoms with Crippen molar-refractivity contribution in [3.63, 3.8) is 0 Å². The third-order valence-corrected chi connectivity index (χ3v) is 6.00. The summed E-state index contributed by atoms with van der Waals surface area (Å²) in [6, 6.07) is 15.0. The predicted molar refractivity (Wildman–Crippen MR) is 111 cm³/mol. The molecule has 4 rings (SSSR count). The summed E-state index contributed by atoms with van der Waals surface area (Å²) in [5.41, 5.74) is 3.53. The zero-order chi connectivity index (χ0) is 19.5. The molecule has 146 valence electrons. The molecule has 2 fully saturated rings. The molecular weight excluding hydrogens is 350 g/mol. The Balaban J connectivity index is 1.30. The summed E-state index contributed by atoms with van der Waals surface area (Å²) < 4.78 is 0. The number of nitrogens with one attached hydrogen (secondary N) is 3. The van der Waals surface area contributed by atoms with E-state index in [1.807, 2.05) is 55.5 Å². The Bertz CT molecular complexity index is 880. The fraction of sp³-hybridized carbons (Fsp3) is 0.391. The predicted octanol–water partition coefficient (Wildman–Crippen LogP) is 4.69. The van der Waals surface area contributed by atoms with Crippen LogP contribution in [0.1, 0.15) is 36.8 Å². The van der Waals surface area contributed by atoms with Gasteiger partial charge in [0.1, 0.15) is 0 Å². The van der Waals surface area contributed by atoms with Crippen molar-refractivity contribution in [3.8, 4) is 0 Å². The maximum atomic E-state index is 12.5. The fourth-order valence-electron chi connectivity index (χ4n) is 4.66. The van der Waals surface area contributed by atoms with Crippen LogP contribution in [-0.4, -0.2) is 11.9 Å². The van der Waals surface area contributed by atoms with E-state index >= 15 is 0 Å². The third-order valence-electron chi connectivity index (χ3n) is 6.00. The summed E-state index contributed by atoms with van der Waals surface area (Å²) in [7, 11) is 0. The van der Waals surface area contributed by atoms with Crippen molar-refractivity contribution in [3.05, 3.63) is 59.7 Å². The number of amides is 3. The minimum absolute atomic E-state index is 0.183. The van der Waals surface area contributed by atoms with E-state index in [2.05, 4.69) is 16.0 Å². The molecule has 2 bridgehead atoms. The molecule has 0 aliphatic heterocycles. The van der Waals surface area contributed by atoms with Crippen LogP contribution < -0.4 is 16.0 Å². The number of carbonyl (C=O) groups is 2. The first-order chi connectivity index (χ1) is 13.6. The molecule has 0 aromatic heterocycles. The van der Waals surface area contributed by atoms with Crippen molar-refractivity contribution in [1.29, 1.82) is 0 Å². The molecule has 2 aliphatic rings. The lowest BCUT2D eigenvalue weighted by Crippen LogP contribution is -2.33. The van der Waals surface area contributed by atoms with Gasteiger partial charge in [-0.05, 0) is 73.4 Å². The van der Waals surface area contributed by atoms with Gasteiger partial charge in [0.15, 0.2) is 0 Å². The fourth-order valence-corrected chi connectivity index (χ4v) is 4.66. The van der Waals surface area contributed by atoms with Gasteiger partial charge in [-0.3, -0.25) is 4.79 Å². The van der Waals surface area contributed by atoms with Crippen LogP contribution in [0, 0.1) is 24.7 Å². The second-order valence-electron chi connectivity index (χ2n) is 8.15. The lowest BCUT2D eigenvalue weighted by Gasteiger charge is -2.20. The van der Waals surface area contributed by atoms with Crippen molar-refractivity contribution in [2.75, 3.05) is 10.6 Å². The quantitative estimate of drug-likeness (QED) is 0.707. The van der Waals surface area contributed by atoms with E-state index in [0.717, 1.165) is 29.2 Å². The third kappa shape index (κ3) is 4.35. The highest BCUT2D eigenvalue weighted by Crippen LogP contribution is 2.48. The molecule has 0 radical (unpaired) electrons. The summed E-state index contributed by atoms with van der Waals surface area (Å²) in [5.74, 6) is 1.73. The van der Waals surface area contributed by atoms with Crippen molar-refractivity contribution in [1.82, 2.24) is 5.32 Å². The SMILES string of the molecule is Cc1cccc(NC(=O)Nc2cccc(CNC(=O)C3CC4CCC3C4)c2)c1. The summed E-state index contributed by atoms with van der Waals surface area (Å²) in [6.45, 7) is 2.47. The number of hydrogen-bond acceptors (Lipinski definition) is 2. The molecule has 2 saturated carbocycles. The number of carbonyl (C=O) groups excluding carboxylic acids is 2. The Labute approximate surface area is 165 Å². The standard InChI is InChI=1S/C23H27N3O2/c1-15-4-2-6-19(10-15)25-23(28)26-20-7-3-5-17(12-20)14-24-22(27)21-13-16-8-9-18(21)11-16/h2-7,10,12,16,18,21H,8-9,11,13-14H2,1H3,(H,24,27)(H2,25,26,28). The van der Waals surface area contributed by atoms with Crippen molar-refractivity contribution in [2.45, 2.75) is 39.2 Å². The minimum Gasteiger partial charge on any atom is -0.352 e. The van der Waals surface area contributed by atoms with E-state index in [1.165, 1.54) is 19.3 Å². The van der Waals surface area contributed by atoms with Gasteiger partial charge in [-0.15, -0.1) is 0 Å². The number of benzene rings is 2. The monoisotopic (exact) mass is 377 g/mol. The van der Waals surface area contributed by atoms with Crippen LogP contribution in [0.4, 0.5) is 16.2 Å². The summed E-state index contributed by atoms with van der Waals surface area (Å²) in [6.07, 6.45) is 4.79. The van der Waals surface area contributed by atoms with Gasteiger partial charge in [-0.25, -0.2) is 4.79 Å². The summed E-state index contributed by atoms with van der Waals surface area (Å²) in [4.78, 5) is 24.7. The van der Waals surface area contributed by atoms with Gasteiger partial charge in [-0.1, -0.05) is 30.7 Å². The van der Waals surface area contributed by atoms with Crippen LogP contribution in [0.2, 0.25) is 0 Å². The van der Waals surface area contributed by atoms with Crippen LogP contribution in [-0.2, 0) is 11.3 Å². The average molecular weight is 377 g/mol. The van der Waals surface area contributed by atoms with E-state index in [4.69, 9.17) is 0 Å². The van der Waals surface area contributed by atoms with E-state index in [-0.39, 0.29) is 17.9 Å². The number of hydrogen-bond donors (Lipinski definition) is 3. The topological polar surface area (TPSA) is 70.2 Å². The largest absolute Gasteiger partial charge is 0.352 e. The van der Waals surface area contributed by atoms with Crippen LogP contribution >= 0.6 is 0 Å². The second-order valence-corrected chi connectivity index (χ2v) is 8.15. The van der Waals surface area contributed by atoms with Gasteiger partial charge in [0.05, 0.1) is 0 Å². The molecule has 28 heavy (non-hydrogen) atoms. The van der Waals surface area contributed by atoms with Crippen LogP contribution in [0.3, 0.4) is 0 Å². The second kappa shape index (κ2) is 8.05. The molecular formula is C23H27N3O2. The van der Waals surface area contributed by atoms with Crippen molar-refractivity contribution in [2.24, 2.45) is 17.8 Å². The molecule has 3 unspecified atom stereocenters. The molecule has 0 spiro atoms. The summed E-state index contributed by atoms with van der Waals surface area (Å²) in [5, 5.41) is 8.77. The molecule has 2 aliphatic carbocycles. The molecule has 2 aromatic carbocycles. The van der Waals surface area contributed by atoms with Gasteiger partial charge >= 0.3 is 6.03 Å². The first-order valence-corrected chi connectivity index (χ1v) is 10.1. The van der Waals surface area contributed by atoms with Gasteiger partial charge in [-0.2, -0.15) is 0 Å². The van der Waals surface area contributed by atoms with E-state index in [9.17, 15) is 9.59 Å². The number of aryl methyl sites for hydroxylation is 1. The van der Waals surface area contributed by atoms with Crippen LogP contribution in [0.15, 0.2) is 48.5 Å². The molecule has 0 saturated heterocycles. The molecule has 5 heteroatoms. The van der Waals surface area contributed by atoms with Gasteiger partial charge in [0.2, 0.25) is 5.91 Å². The van der Waals surface area contributed by atoms with E-state index in [1.54, 1.807) is 0 Å². The van der Waals surface area contributed by atoms with Crippen molar-refractivity contribution < 1.29 is 9.59 Å². The van der Waals surface area contributed by atoms with E-state index in [0.29, 0.717) is 18.2 Å². The molecule has 3 N–H and O–H groups in total. The zero-order valence-corrected chi connectivity index (χ0v) is 16.2. The van der Waals surface area contributed by atoms with Crippen LogP contribution in [0.25, 0.3) is 0 Å². The lowest BCUT2D eigenvalue weighted by atomic mass is 9.88.